The van der Waals surface area contributed by atoms with Gasteiger partial charge in [0.05, 0.1) is 18.0 Å². The van der Waals surface area contributed by atoms with Crippen molar-refractivity contribution in [2.75, 3.05) is 26.4 Å². The molecule has 1 aliphatic heterocycles. The molecule has 124 valence electrons. The van der Waals surface area contributed by atoms with Crippen LogP contribution in [0.4, 0.5) is 0 Å². The molecule has 7 nitrogen and oxygen atoms in total. The number of nitrogens with zero attached hydrogens (tertiary/aromatic N) is 4. The summed E-state index contributed by atoms with van der Waals surface area (Å²) < 4.78 is 27.7. The lowest BCUT2D eigenvalue weighted by molar-refractivity contribution is 0.389. The van der Waals surface area contributed by atoms with Crippen LogP contribution in [0.5, 0.6) is 0 Å². The minimum Gasteiger partial charge on any atom is -0.304 e. The number of fused-ring (bicyclic) bond motifs is 1. The molecule has 0 aromatic carbocycles. The lowest BCUT2D eigenvalue weighted by atomic mass is 10.3. The number of sulfonamides is 1. The molecular weight excluding hydrogens is 304 g/mol. The fraction of sp³-hybridized carbons (Fsp3) is 0.714. The molecular formula is C14H24N4O3S. The quantitative estimate of drug-likeness (QED) is 0.774. The maximum absolute atomic E-state index is 12.3. The first kappa shape index (κ1) is 17.1. The molecule has 1 aromatic rings. The van der Waals surface area contributed by atoms with Crippen LogP contribution >= 0.6 is 0 Å². The van der Waals surface area contributed by atoms with E-state index in [1.807, 2.05) is 25.9 Å². The summed E-state index contributed by atoms with van der Waals surface area (Å²) in [5.41, 5.74) is 0.576. The first-order valence-electron chi connectivity index (χ1n) is 7.55. The van der Waals surface area contributed by atoms with E-state index in [0.717, 1.165) is 0 Å². The van der Waals surface area contributed by atoms with E-state index in [1.165, 1.54) is 4.31 Å². The van der Waals surface area contributed by atoms with Crippen molar-refractivity contribution in [1.82, 2.24) is 18.8 Å². The summed E-state index contributed by atoms with van der Waals surface area (Å²) in [7, 11) is 0.531. The van der Waals surface area contributed by atoms with E-state index in [2.05, 4.69) is 4.98 Å². The Labute approximate surface area is 131 Å². The Bertz CT molecular complexity index is 682. The van der Waals surface area contributed by atoms with E-state index < -0.39 is 10.0 Å². The summed E-state index contributed by atoms with van der Waals surface area (Å²) in [6, 6.07) is 1.54. The van der Waals surface area contributed by atoms with Gasteiger partial charge in [0.25, 0.3) is 5.56 Å². The second-order valence-electron chi connectivity index (χ2n) is 5.89. The SMILES string of the molecule is CCCS(=O)(=O)N1CCCn2c(nc(CN(C)C)cc2=O)C1. The fourth-order valence-electron chi connectivity index (χ4n) is 2.64. The first-order valence-corrected chi connectivity index (χ1v) is 9.16. The van der Waals surface area contributed by atoms with Crippen molar-refractivity contribution in [3.05, 3.63) is 27.9 Å². The molecule has 1 aromatic heterocycles. The molecule has 0 N–H and O–H groups in total. The van der Waals surface area contributed by atoms with Gasteiger partial charge in [-0.1, -0.05) is 6.92 Å². The number of hydrogen-bond donors (Lipinski definition) is 0. The minimum absolute atomic E-state index is 0.100. The van der Waals surface area contributed by atoms with Crippen molar-refractivity contribution < 1.29 is 8.42 Å². The van der Waals surface area contributed by atoms with Crippen molar-refractivity contribution in [2.45, 2.75) is 39.4 Å². The smallest absolute Gasteiger partial charge is 0.253 e. The van der Waals surface area contributed by atoms with E-state index in [-0.39, 0.29) is 17.9 Å². The van der Waals surface area contributed by atoms with Gasteiger partial charge in [0.2, 0.25) is 10.0 Å². The lowest BCUT2D eigenvalue weighted by Gasteiger charge is -2.19. The standard InChI is InChI=1S/C14H24N4O3S/c1-4-8-22(20,21)17-6-5-7-18-13(11-17)15-12(9-14(18)19)10-16(2)3/h9H,4-8,10-11H2,1-3H3. The number of hydrogen-bond acceptors (Lipinski definition) is 5. The molecule has 0 saturated heterocycles. The molecule has 2 heterocycles. The zero-order valence-electron chi connectivity index (χ0n) is 13.4. The van der Waals surface area contributed by atoms with Crippen LogP contribution in [-0.4, -0.2) is 53.6 Å². The second kappa shape index (κ2) is 6.89. The molecule has 22 heavy (non-hydrogen) atoms. The molecule has 0 fully saturated rings. The van der Waals surface area contributed by atoms with Gasteiger partial charge in [0.15, 0.2) is 0 Å². The van der Waals surface area contributed by atoms with Crippen LogP contribution in [0.15, 0.2) is 10.9 Å². The van der Waals surface area contributed by atoms with Crippen LogP contribution in [0.1, 0.15) is 31.3 Å². The van der Waals surface area contributed by atoms with Crippen molar-refractivity contribution in [2.24, 2.45) is 0 Å². The lowest BCUT2D eigenvalue weighted by Crippen LogP contribution is -2.34. The van der Waals surface area contributed by atoms with Gasteiger partial charge in [-0.3, -0.25) is 9.36 Å². The molecule has 0 amide bonds. The van der Waals surface area contributed by atoms with E-state index in [9.17, 15) is 13.2 Å². The predicted molar refractivity (Wildman–Crippen MR) is 85.0 cm³/mol. The van der Waals surface area contributed by atoms with Crippen LogP contribution in [-0.2, 0) is 29.7 Å². The van der Waals surface area contributed by atoms with E-state index in [1.54, 1.807) is 10.6 Å². The summed E-state index contributed by atoms with van der Waals surface area (Å²) in [6.45, 7) is 3.54. The Morgan fingerprint density at radius 1 is 1.32 bits per heavy atom. The van der Waals surface area contributed by atoms with Crippen molar-refractivity contribution in [3.8, 4) is 0 Å². The van der Waals surface area contributed by atoms with Crippen LogP contribution < -0.4 is 5.56 Å². The molecule has 0 radical (unpaired) electrons. The molecule has 1 aliphatic rings. The fourth-order valence-corrected chi connectivity index (χ4v) is 4.13. The van der Waals surface area contributed by atoms with Crippen LogP contribution in [0.25, 0.3) is 0 Å². The third kappa shape index (κ3) is 3.93. The summed E-state index contributed by atoms with van der Waals surface area (Å²) >= 11 is 0. The Balaban J connectivity index is 2.36. The Morgan fingerprint density at radius 2 is 2.05 bits per heavy atom. The second-order valence-corrected chi connectivity index (χ2v) is 7.98. The normalized spacial score (nSPS) is 16.5. The zero-order chi connectivity index (χ0) is 16.3. The van der Waals surface area contributed by atoms with Crippen LogP contribution in [0.2, 0.25) is 0 Å². The summed E-state index contributed by atoms with van der Waals surface area (Å²) in [5.74, 6) is 0.677. The number of aromatic nitrogens is 2. The number of rotatable bonds is 5. The molecule has 0 atom stereocenters. The van der Waals surface area contributed by atoms with E-state index in [0.29, 0.717) is 44.0 Å². The highest BCUT2D eigenvalue weighted by atomic mass is 32.2. The summed E-state index contributed by atoms with van der Waals surface area (Å²) in [4.78, 5) is 18.7. The van der Waals surface area contributed by atoms with Crippen LogP contribution in [0.3, 0.4) is 0 Å². The highest BCUT2D eigenvalue weighted by Gasteiger charge is 2.26. The third-order valence-corrected chi connectivity index (χ3v) is 5.60. The van der Waals surface area contributed by atoms with Gasteiger partial charge in [-0.15, -0.1) is 0 Å². The topological polar surface area (TPSA) is 75.5 Å². The molecule has 2 rings (SSSR count). The Kier molecular flexibility index (Phi) is 5.36. The summed E-state index contributed by atoms with van der Waals surface area (Å²) in [5, 5.41) is 0. The van der Waals surface area contributed by atoms with E-state index in [4.69, 9.17) is 0 Å². The third-order valence-electron chi connectivity index (χ3n) is 3.58. The molecule has 0 saturated carbocycles. The van der Waals surface area contributed by atoms with Gasteiger partial charge in [0, 0.05) is 25.7 Å². The zero-order valence-corrected chi connectivity index (χ0v) is 14.3. The molecule has 0 bridgehead atoms. The van der Waals surface area contributed by atoms with Crippen molar-refractivity contribution >= 4 is 10.0 Å². The molecule has 0 spiro atoms. The van der Waals surface area contributed by atoms with Gasteiger partial charge in [-0.05, 0) is 26.9 Å². The average molecular weight is 328 g/mol. The highest BCUT2D eigenvalue weighted by molar-refractivity contribution is 7.89. The Hall–Kier alpha value is -1.25. The highest BCUT2D eigenvalue weighted by Crippen LogP contribution is 2.14. The van der Waals surface area contributed by atoms with Gasteiger partial charge < -0.3 is 4.90 Å². The predicted octanol–water partition coefficient (Wildman–Crippen LogP) is 0.250. The Morgan fingerprint density at radius 3 is 2.68 bits per heavy atom. The maximum Gasteiger partial charge on any atom is 0.253 e. The van der Waals surface area contributed by atoms with Crippen molar-refractivity contribution in [3.63, 3.8) is 0 Å². The molecule has 8 heteroatoms. The maximum atomic E-state index is 12.3. The first-order chi connectivity index (χ1) is 10.3. The molecule has 0 aliphatic carbocycles. The minimum atomic E-state index is -3.28. The largest absolute Gasteiger partial charge is 0.304 e. The van der Waals surface area contributed by atoms with E-state index >= 15 is 0 Å². The summed E-state index contributed by atoms with van der Waals surface area (Å²) in [6.07, 6.45) is 1.21. The average Bonchev–Trinajstić information content (AvgIpc) is 2.61. The van der Waals surface area contributed by atoms with Gasteiger partial charge in [-0.25, -0.2) is 13.4 Å². The monoisotopic (exact) mass is 328 g/mol. The van der Waals surface area contributed by atoms with Gasteiger partial charge >= 0.3 is 0 Å². The molecule has 0 unspecified atom stereocenters. The van der Waals surface area contributed by atoms with Crippen molar-refractivity contribution in [1.29, 1.82) is 0 Å². The van der Waals surface area contributed by atoms with Crippen LogP contribution in [0, 0.1) is 0 Å². The van der Waals surface area contributed by atoms with Gasteiger partial charge in [-0.2, -0.15) is 4.31 Å². The van der Waals surface area contributed by atoms with Gasteiger partial charge in [0.1, 0.15) is 5.82 Å².